The summed E-state index contributed by atoms with van der Waals surface area (Å²) in [6, 6.07) is 17.3. The number of aldehydes is 1. The molecule has 2 aromatic rings. The van der Waals surface area contributed by atoms with Crippen molar-refractivity contribution in [2.45, 2.75) is 6.92 Å². The quantitative estimate of drug-likeness (QED) is 0.459. The highest BCUT2D eigenvalue weighted by Crippen LogP contribution is 2.23. The SMILES string of the molecule is CCOc1ccccc1/C=C(/C=O)c1ccccc1. The highest BCUT2D eigenvalue weighted by molar-refractivity contribution is 6.13. The lowest BCUT2D eigenvalue weighted by molar-refractivity contribution is -0.103. The molecule has 0 amide bonds. The number of benzene rings is 2. The van der Waals surface area contributed by atoms with E-state index in [1.54, 1.807) is 0 Å². The number of hydrogen-bond donors (Lipinski definition) is 0. The molecule has 0 radical (unpaired) electrons. The molecule has 19 heavy (non-hydrogen) atoms. The number of allylic oxidation sites excluding steroid dienone is 1. The van der Waals surface area contributed by atoms with Crippen molar-refractivity contribution in [3.8, 4) is 5.75 Å². The molecule has 0 aliphatic carbocycles. The van der Waals surface area contributed by atoms with Crippen LogP contribution in [0.3, 0.4) is 0 Å². The molecule has 0 unspecified atom stereocenters. The normalized spacial score (nSPS) is 11.1. The van der Waals surface area contributed by atoms with Crippen LogP contribution < -0.4 is 4.74 Å². The second-order valence-corrected chi connectivity index (χ2v) is 4.05. The van der Waals surface area contributed by atoms with Crippen LogP contribution >= 0.6 is 0 Å². The van der Waals surface area contributed by atoms with Crippen LogP contribution in [0.4, 0.5) is 0 Å². The summed E-state index contributed by atoms with van der Waals surface area (Å²) in [5.41, 5.74) is 2.46. The van der Waals surface area contributed by atoms with Gasteiger partial charge >= 0.3 is 0 Å². The molecule has 96 valence electrons. The first-order valence-electron chi connectivity index (χ1n) is 6.29. The number of carbonyl (C=O) groups is 1. The first-order chi connectivity index (χ1) is 9.35. The molecule has 0 heterocycles. The van der Waals surface area contributed by atoms with Gasteiger partial charge in [-0.15, -0.1) is 0 Å². The van der Waals surface area contributed by atoms with E-state index in [-0.39, 0.29) is 0 Å². The number of rotatable bonds is 5. The van der Waals surface area contributed by atoms with Gasteiger partial charge in [0.15, 0.2) is 6.29 Å². The van der Waals surface area contributed by atoms with E-state index in [9.17, 15) is 4.79 Å². The van der Waals surface area contributed by atoms with Gasteiger partial charge in [0.1, 0.15) is 5.75 Å². The maximum Gasteiger partial charge on any atom is 0.150 e. The van der Waals surface area contributed by atoms with E-state index in [1.165, 1.54) is 0 Å². The Morgan fingerprint density at radius 2 is 1.74 bits per heavy atom. The van der Waals surface area contributed by atoms with Crippen molar-refractivity contribution in [2.24, 2.45) is 0 Å². The van der Waals surface area contributed by atoms with Gasteiger partial charge in [-0.2, -0.15) is 0 Å². The second-order valence-electron chi connectivity index (χ2n) is 4.05. The minimum absolute atomic E-state index is 0.604. The number of ether oxygens (including phenoxy) is 1. The van der Waals surface area contributed by atoms with E-state index in [0.29, 0.717) is 12.2 Å². The van der Waals surface area contributed by atoms with E-state index in [2.05, 4.69) is 0 Å². The van der Waals surface area contributed by atoms with E-state index >= 15 is 0 Å². The molecule has 0 fully saturated rings. The minimum Gasteiger partial charge on any atom is -0.493 e. The molecule has 0 atom stereocenters. The fraction of sp³-hybridized carbons (Fsp3) is 0.118. The minimum atomic E-state index is 0.604. The molecule has 0 aliphatic heterocycles. The Bertz CT molecular complexity index is 571. The lowest BCUT2D eigenvalue weighted by Gasteiger charge is -2.07. The van der Waals surface area contributed by atoms with Crippen molar-refractivity contribution in [2.75, 3.05) is 6.61 Å². The fourth-order valence-corrected chi connectivity index (χ4v) is 1.87. The maximum atomic E-state index is 11.3. The second kappa shape index (κ2) is 6.55. The molecule has 2 heteroatoms. The van der Waals surface area contributed by atoms with Gasteiger partial charge < -0.3 is 4.74 Å². The smallest absolute Gasteiger partial charge is 0.150 e. The molecule has 0 saturated heterocycles. The summed E-state index contributed by atoms with van der Waals surface area (Å²) in [6.07, 6.45) is 2.73. The van der Waals surface area contributed by atoms with Crippen LogP contribution in [0, 0.1) is 0 Å². The van der Waals surface area contributed by atoms with Gasteiger partial charge in [-0.1, -0.05) is 48.5 Å². The summed E-state index contributed by atoms with van der Waals surface area (Å²) in [6.45, 7) is 2.55. The zero-order valence-corrected chi connectivity index (χ0v) is 10.9. The molecule has 0 aliphatic rings. The Hall–Kier alpha value is -2.35. The van der Waals surface area contributed by atoms with Crippen LogP contribution in [0.5, 0.6) is 5.75 Å². The predicted octanol–water partition coefficient (Wildman–Crippen LogP) is 3.82. The third kappa shape index (κ3) is 3.32. The van der Waals surface area contributed by atoms with Crippen molar-refractivity contribution in [3.05, 3.63) is 65.7 Å². The first kappa shape index (κ1) is 13.1. The molecule has 0 aromatic heterocycles. The van der Waals surface area contributed by atoms with Crippen LogP contribution in [-0.4, -0.2) is 12.9 Å². The van der Waals surface area contributed by atoms with E-state index in [0.717, 1.165) is 23.2 Å². The summed E-state index contributed by atoms with van der Waals surface area (Å²) < 4.78 is 5.56. The first-order valence-corrected chi connectivity index (χ1v) is 6.29. The van der Waals surface area contributed by atoms with Crippen molar-refractivity contribution < 1.29 is 9.53 Å². The Balaban J connectivity index is 2.41. The monoisotopic (exact) mass is 252 g/mol. The van der Waals surface area contributed by atoms with Crippen LogP contribution in [0.2, 0.25) is 0 Å². The van der Waals surface area contributed by atoms with Gasteiger partial charge in [0.2, 0.25) is 0 Å². The molecular weight excluding hydrogens is 236 g/mol. The third-order valence-electron chi connectivity index (χ3n) is 2.76. The summed E-state index contributed by atoms with van der Waals surface area (Å²) in [5, 5.41) is 0. The van der Waals surface area contributed by atoms with E-state index in [4.69, 9.17) is 4.74 Å². The Kier molecular flexibility index (Phi) is 4.51. The number of hydrogen-bond acceptors (Lipinski definition) is 2. The Morgan fingerprint density at radius 1 is 1.05 bits per heavy atom. The lowest BCUT2D eigenvalue weighted by atomic mass is 10.0. The summed E-state index contributed by atoms with van der Waals surface area (Å²) in [4.78, 5) is 11.3. The molecule has 0 saturated carbocycles. The summed E-state index contributed by atoms with van der Waals surface area (Å²) in [5.74, 6) is 0.792. The average Bonchev–Trinajstić information content (AvgIpc) is 2.47. The molecule has 0 N–H and O–H groups in total. The lowest BCUT2D eigenvalue weighted by Crippen LogP contribution is -1.94. The Morgan fingerprint density at radius 3 is 2.42 bits per heavy atom. The van der Waals surface area contributed by atoms with Gasteiger partial charge in [0.25, 0.3) is 0 Å². The summed E-state index contributed by atoms with van der Waals surface area (Å²) in [7, 11) is 0. The third-order valence-corrected chi connectivity index (χ3v) is 2.76. The molecule has 0 spiro atoms. The van der Waals surface area contributed by atoms with Crippen LogP contribution in [-0.2, 0) is 4.79 Å². The molecule has 2 nitrogen and oxygen atoms in total. The predicted molar refractivity (Wildman–Crippen MR) is 78.0 cm³/mol. The van der Waals surface area contributed by atoms with Crippen molar-refractivity contribution in [1.29, 1.82) is 0 Å². The average molecular weight is 252 g/mol. The topological polar surface area (TPSA) is 26.3 Å². The Labute approximate surface area is 113 Å². The van der Waals surface area contributed by atoms with Crippen molar-refractivity contribution in [1.82, 2.24) is 0 Å². The van der Waals surface area contributed by atoms with Gasteiger partial charge in [-0.05, 0) is 24.6 Å². The molecule has 2 aromatic carbocycles. The zero-order chi connectivity index (χ0) is 13.5. The van der Waals surface area contributed by atoms with Crippen molar-refractivity contribution >= 4 is 17.9 Å². The molecular formula is C17H16O2. The van der Waals surface area contributed by atoms with Gasteiger partial charge in [-0.25, -0.2) is 0 Å². The van der Waals surface area contributed by atoms with Crippen molar-refractivity contribution in [3.63, 3.8) is 0 Å². The van der Waals surface area contributed by atoms with E-state index < -0.39 is 0 Å². The standard InChI is InChI=1S/C17H16O2/c1-2-19-17-11-7-6-10-15(17)12-16(13-18)14-8-4-3-5-9-14/h3-13H,2H2,1H3/b16-12-. The largest absolute Gasteiger partial charge is 0.493 e. The van der Waals surface area contributed by atoms with Crippen LogP contribution in [0.25, 0.3) is 11.6 Å². The van der Waals surface area contributed by atoms with E-state index in [1.807, 2.05) is 67.6 Å². The molecule has 0 bridgehead atoms. The molecule has 2 rings (SSSR count). The van der Waals surface area contributed by atoms with Crippen LogP contribution in [0.15, 0.2) is 54.6 Å². The maximum absolute atomic E-state index is 11.3. The summed E-state index contributed by atoms with van der Waals surface area (Å²) >= 11 is 0. The van der Waals surface area contributed by atoms with Gasteiger partial charge in [0.05, 0.1) is 6.61 Å². The van der Waals surface area contributed by atoms with Crippen LogP contribution in [0.1, 0.15) is 18.1 Å². The highest BCUT2D eigenvalue weighted by Gasteiger charge is 2.03. The number of carbonyl (C=O) groups excluding carboxylic acids is 1. The zero-order valence-electron chi connectivity index (χ0n) is 10.9. The van der Waals surface area contributed by atoms with Gasteiger partial charge in [0, 0.05) is 11.1 Å². The van der Waals surface area contributed by atoms with Gasteiger partial charge in [-0.3, -0.25) is 4.79 Å². The fourth-order valence-electron chi connectivity index (χ4n) is 1.87. The number of para-hydroxylation sites is 1. The highest BCUT2D eigenvalue weighted by atomic mass is 16.5.